The normalized spacial score (nSPS) is 11.2. The molecule has 1 heterocycles. The van der Waals surface area contributed by atoms with Gasteiger partial charge in [0, 0.05) is 12.5 Å². The van der Waals surface area contributed by atoms with E-state index in [2.05, 4.69) is 5.10 Å². The van der Waals surface area contributed by atoms with Gasteiger partial charge in [-0.25, -0.2) is 0 Å². The molecule has 0 spiro atoms. The van der Waals surface area contributed by atoms with E-state index in [1.54, 1.807) is 10.9 Å². The average molecular weight is 272 g/mol. The van der Waals surface area contributed by atoms with E-state index in [1.807, 2.05) is 13.8 Å². The molecule has 0 aliphatic carbocycles. The summed E-state index contributed by atoms with van der Waals surface area (Å²) in [4.78, 5) is 12.1. The number of carbonyl (C=O) groups is 1. The van der Waals surface area contributed by atoms with E-state index in [4.69, 9.17) is 17.3 Å². The molecule has 0 bridgehead atoms. The largest absolute Gasteiger partial charge is 0.330 e. The molecular weight excluding hydrogens is 250 g/mol. The summed E-state index contributed by atoms with van der Waals surface area (Å²) >= 11 is 6.03. The first kappa shape index (κ1) is 15.2. The molecule has 0 atom stereocenters. The highest BCUT2D eigenvalue weighted by molar-refractivity contribution is 6.33. The first-order valence-electron chi connectivity index (χ1n) is 6.54. The van der Waals surface area contributed by atoms with Gasteiger partial charge in [0.25, 0.3) is 0 Å². The molecule has 5 heteroatoms. The second-order valence-electron chi connectivity index (χ2n) is 4.76. The Morgan fingerprint density at radius 2 is 2.06 bits per heavy atom. The monoisotopic (exact) mass is 271 g/mol. The summed E-state index contributed by atoms with van der Waals surface area (Å²) < 4.78 is 1.70. The zero-order valence-corrected chi connectivity index (χ0v) is 11.9. The minimum absolute atomic E-state index is 0.0824. The zero-order valence-electron chi connectivity index (χ0n) is 11.2. The molecule has 1 aromatic rings. The smallest absolute Gasteiger partial charge is 0.182 e. The van der Waals surface area contributed by atoms with Crippen molar-refractivity contribution in [3.8, 4) is 0 Å². The van der Waals surface area contributed by atoms with Gasteiger partial charge in [-0.2, -0.15) is 5.10 Å². The minimum atomic E-state index is 0.0824. The Morgan fingerprint density at radius 1 is 1.39 bits per heavy atom. The molecule has 102 valence electrons. The number of aromatic nitrogens is 2. The molecule has 0 radical (unpaired) electrons. The maximum Gasteiger partial charge on any atom is 0.182 e. The van der Waals surface area contributed by atoms with Gasteiger partial charge in [0.05, 0.1) is 11.2 Å². The first-order valence-corrected chi connectivity index (χ1v) is 6.92. The molecule has 0 aromatic carbocycles. The number of nitrogens with two attached hydrogens (primary N) is 1. The van der Waals surface area contributed by atoms with Gasteiger partial charge in [-0.15, -0.1) is 0 Å². The summed E-state index contributed by atoms with van der Waals surface area (Å²) in [6.45, 7) is 4.70. The Kier molecular flexibility index (Phi) is 6.36. The van der Waals surface area contributed by atoms with Crippen LogP contribution in [-0.4, -0.2) is 22.1 Å². The molecule has 4 nitrogen and oxygen atoms in total. The van der Waals surface area contributed by atoms with Crippen LogP contribution >= 0.6 is 11.6 Å². The Bertz CT molecular complexity index is 388. The summed E-state index contributed by atoms with van der Waals surface area (Å²) in [6, 6.07) is 0.147. The summed E-state index contributed by atoms with van der Waals surface area (Å²) in [6.07, 6.45) is 6.11. The van der Waals surface area contributed by atoms with Gasteiger partial charge >= 0.3 is 0 Å². The summed E-state index contributed by atoms with van der Waals surface area (Å²) in [5.74, 6) is 0.0824. The van der Waals surface area contributed by atoms with Crippen molar-refractivity contribution in [3.05, 3.63) is 16.9 Å². The molecule has 1 aromatic heterocycles. The fourth-order valence-electron chi connectivity index (χ4n) is 1.90. The van der Waals surface area contributed by atoms with Gasteiger partial charge in [-0.1, -0.05) is 24.4 Å². The molecule has 2 N–H and O–H groups in total. The number of halogens is 1. The third-order valence-electron chi connectivity index (χ3n) is 2.86. The van der Waals surface area contributed by atoms with E-state index in [1.165, 1.54) is 0 Å². The zero-order chi connectivity index (χ0) is 13.5. The summed E-state index contributed by atoms with van der Waals surface area (Å²) in [5, 5.41) is 4.60. The summed E-state index contributed by atoms with van der Waals surface area (Å²) in [5.41, 5.74) is 5.97. The van der Waals surface area contributed by atoms with Crippen LogP contribution in [0, 0.1) is 0 Å². The van der Waals surface area contributed by atoms with Crippen LogP contribution in [0.3, 0.4) is 0 Å². The second kappa shape index (κ2) is 7.54. The number of nitrogens with zero attached hydrogens (tertiary/aromatic N) is 2. The first-order chi connectivity index (χ1) is 8.57. The van der Waals surface area contributed by atoms with Gasteiger partial charge in [-0.3, -0.25) is 9.48 Å². The number of hydrogen-bond donors (Lipinski definition) is 1. The third-order valence-corrected chi connectivity index (χ3v) is 3.14. The third kappa shape index (κ3) is 4.10. The Balaban J connectivity index is 2.53. The molecule has 0 saturated heterocycles. The maximum absolute atomic E-state index is 12.1. The highest BCUT2D eigenvalue weighted by Crippen LogP contribution is 2.21. The Hall–Kier alpha value is -0.870. The SMILES string of the molecule is CC(C)n1ncc(Cl)c1C(=O)CCCCCCN. The standard InChI is InChI=1S/C13H22ClN3O/c1-10(2)17-13(11(14)9-16-17)12(18)7-5-3-4-6-8-15/h9-10H,3-8,15H2,1-2H3. The lowest BCUT2D eigenvalue weighted by Crippen LogP contribution is -2.13. The quantitative estimate of drug-likeness (QED) is 0.583. The highest BCUT2D eigenvalue weighted by atomic mass is 35.5. The highest BCUT2D eigenvalue weighted by Gasteiger charge is 2.18. The van der Waals surface area contributed by atoms with E-state index in [0.717, 1.165) is 32.2 Å². The van der Waals surface area contributed by atoms with Crippen molar-refractivity contribution in [2.45, 2.75) is 52.0 Å². The van der Waals surface area contributed by atoms with Gasteiger partial charge in [-0.05, 0) is 33.2 Å². The van der Waals surface area contributed by atoms with E-state index in [0.29, 0.717) is 17.1 Å². The van der Waals surface area contributed by atoms with Crippen molar-refractivity contribution in [1.29, 1.82) is 0 Å². The molecule has 0 amide bonds. The fourth-order valence-corrected chi connectivity index (χ4v) is 2.13. The molecule has 0 saturated carbocycles. The van der Waals surface area contributed by atoms with Crippen LogP contribution in [0.15, 0.2) is 6.20 Å². The number of ketones is 1. The second-order valence-corrected chi connectivity index (χ2v) is 5.16. The number of Topliss-reactive ketones (excluding diaryl/α,β-unsaturated/α-hetero) is 1. The molecule has 0 unspecified atom stereocenters. The van der Waals surface area contributed by atoms with Crippen LogP contribution in [0.4, 0.5) is 0 Å². The Morgan fingerprint density at radius 3 is 2.67 bits per heavy atom. The number of hydrogen-bond acceptors (Lipinski definition) is 3. The lowest BCUT2D eigenvalue weighted by atomic mass is 10.1. The van der Waals surface area contributed by atoms with Crippen molar-refractivity contribution in [3.63, 3.8) is 0 Å². The van der Waals surface area contributed by atoms with Crippen molar-refractivity contribution in [1.82, 2.24) is 9.78 Å². The summed E-state index contributed by atoms with van der Waals surface area (Å²) in [7, 11) is 0. The van der Waals surface area contributed by atoms with Crippen molar-refractivity contribution in [2.24, 2.45) is 5.73 Å². The molecule has 1 rings (SSSR count). The van der Waals surface area contributed by atoms with Gasteiger partial charge in [0.15, 0.2) is 5.78 Å². The van der Waals surface area contributed by atoms with E-state index in [-0.39, 0.29) is 11.8 Å². The predicted octanol–water partition coefficient (Wildman–Crippen LogP) is 3.21. The molecule has 18 heavy (non-hydrogen) atoms. The average Bonchev–Trinajstić information content (AvgIpc) is 2.71. The minimum Gasteiger partial charge on any atom is -0.330 e. The number of unbranched alkanes of at least 4 members (excludes halogenated alkanes) is 3. The number of carbonyl (C=O) groups excluding carboxylic acids is 1. The van der Waals surface area contributed by atoms with Crippen LogP contribution in [0.25, 0.3) is 0 Å². The van der Waals surface area contributed by atoms with Crippen LogP contribution < -0.4 is 5.73 Å². The van der Waals surface area contributed by atoms with Crippen molar-refractivity contribution < 1.29 is 4.79 Å². The van der Waals surface area contributed by atoms with E-state index >= 15 is 0 Å². The van der Waals surface area contributed by atoms with Gasteiger partial charge < -0.3 is 5.73 Å². The van der Waals surface area contributed by atoms with Crippen molar-refractivity contribution >= 4 is 17.4 Å². The van der Waals surface area contributed by atoms with Crippen LogP contribution in [0.2, 0.25) is 5.02 Å². The molecule has 0 aliphatic heterocycles. The van der Waals surface area contributed by atoms with E-state index < -0.39 is 0 Å². The molecule has 0 fully saturated rings. The van der Waals surface area contributed by atoms with E-state index in [9.17, 15) is 4.79 Å². The van der Waals surface area contributed by atoms with Gasteiger partial charge in [0.1, 0.15) is 5.69 Å². The topological polar surface area (TPSA) is 60.9 Å². The van der Waals surface area contributed by atoms with Gasteiger partial charge in [0.2, 0.25) is 0 Å². The number of rotatable bonds is 8. The van der Waals surface area contributed by atoms with Crippen molar-refractivity contribution in [2.75, 3.05) is 6.54 Å². The van der Waals surface area contributed by atoms with Crippen LogP contribution in [0.5, 0.6) is 0 Å². The fraction of sp³-hybridized carbons (Fsp3) is 0.692. The lowest BCUT2D eigenvalue weighted by Gasteiger charge is -2.10. The van der Waals surface area contributed by atoms with Crippen LogP contribution in [0.1, 0.15) is 62.5 Å². The molecule has 0 aliphatic rings. The lowest BCUT2D eigenvalue weighted by molar-refractivity contribution is 0.0967. The Labute approximate surface area is 113 Å². The van der Waals surface area contributed by atoms with Crippen LogP contribution in [-0.2, 0) is 0 Å². The maximum atomic E-state index is 12.1. The molecular formula is C13H22ClN3O. The predicted molar refractivity (Wildman–Crippen MR) is 74.1 cm³/mol.